The lowest BCUT2D eigenvalue weighted by atomic mass is 9.96. The molecule has 0 aliphatic heterocycles. The highest BCUT2D eigenvalue weighted by Gasteiger charge is 2.43. The van der Waals surface area contributed by atoms with E-state index in [0.29, 0.717) is 0 Å². The molecule has 0 heterocycles. The zero-order chi connectivity index (χ0) is 15.9. The lowest BCUT2D eigenvalue weighted by Crippen LogP contribution is -2.22. The molecule has 1 atom stereocenters. The molecule has 1 rings (SSSR count). The molecule has 0 spiro atoms. The SMILES string of the molecule is Nc1c(C(F)(F)F)ccc(C(O)C(=O)O)c1C(F)(F)F. The number of alkyl halides is 6. The molecule has 0 fully saturated rings. The van der Waals surface area contributed by atoms with Crippen molar-refractivity contribution in [2.75, 3.05) is 5.73 Å². The Morgan fingerprint density at radius 2 is 1.60 bits per heavy atom. The molecule has 4 N–H and O–H groups in total. The van der Waals surface area contributed by atoms with Crippen LogP contribution in [0.25, 0.3) is 0 Å². The number of hydrogen-bond donors (Lipinski definition) is 3. The molecule has 0 saturated heterocycles. The zero-order valence-corrected chi connectivity index (χ0v) is 9.38. The number of aliphatic carboxylic acids is 1. The number of carboxylic acids is 1. The van der Waals surface area contributed by atoms with Gasteiger partial charge in [-0.2, -0.15) is 26.3 Å². The number of halogens is 6. The van der Waals surface area contributed by atoms with Gasteiger partial charge < -0.3 is 15.9 Å². The van der Waals surface area contributed by atoms with E-state index in [4.69, 9.17) is 15.9 Å². The van der Waals surface area contributed by atoms with Gasteiger partial charge in [-0.05, 0) is 6.07 Å². The van der Waals surface area contributed by atoms with Crippen LogP contribution in [-0.2, 0) is 17.1 Å². The molecule has 10 heteroatoms. The van der Waals surface area contributed by atoms with Gasteiger partial charge in [0.05, 0.1) is 16.8 Å². The molecular formula is C10H7F6NO3. The number of benzene rings is 1. The average Bonchev–Trinajstić information content (AvgIpc) is 2.23. The topological polar surface area (TPSA) is 83.5 Å². The Kier molecular flexibility index (Phi) is 3.90. The van der Waals surface area contributed by atoms with Crippen LogP contribution in [-0.4, -0.2) is 16.2 Å². The van der Waals surface area contributed by atoms with E-state index in [1.807, 2.05) is 0 Å². The number of carboxylic acid groups (broad SMARTS) is 1. The Hall–Kier alpha value is -1.97. The quantitative estimate of drug-likeness (QED) is 0.579. The maximum atomic E-state index is 12.7. The van der Waals surface area contributed by atoms with Gasteiger partial charge in [-0.3, -0.25) is 0 Å². The first-order valence-corrected chi connectivity index (χ1v) is 4.85. The highest BCUT2D eigenvalue weighted by molar-refractivity contribution is 5.76. The first-order valence-electron chi connectivity index (χ1n) is 4.85. The summed E-state index contributed by atoms with van der Waals surface area (Å²) in [6.45, 7) is 0. The van der Waals surface area contributed by atoms with Crippen LogP contribution in [0.15, 0.2) is 12.1 Å². The van der Waals surface area contributed by atoms with Gasteiger partial charge in [-0.25, -0.2) is 4.79 Å². The summed E-state index contributed by atoms with van der Waals surface area (Å²) >= 11 is 0. The lowest BCUT2D eigenvalue weighted by molar-refractivity contribution is -0.149. The molecule has 0 aliphatic rings. The van der Waals surface area contributed by atoms with Gasteiger partial charge in [0.2, 0.25) is 0 Å². The van der Waals surface area contributed by atoms with Crippen molar-refractivity contribution in [2.45, 2.75) is 18.5 Å². The van der Waals surface area contributed by atoms with Crippen LogP contribution in [0.3, 0.4) is 0 Å². The van der Waals surface area contributed by atoms with E-state index >= 15 is 0 Å². The van der Waals surface area contributed by atoms with Crippen LogP contribution >= 0.6 is 0 Å². The third-order valence-corrected chi connectivity index (χ3v) is 2.40. The molecule has 1 unspecified atom stereocenters. The fraction of sp³-hybridized carbons (Fsp3) is 0.300. The molecule has 0 amide bonds. The predicted molar refractivity (Wildman–Crippen MR) is 53.5 cm³/mol. The molecule has 1 aromatic rings. The third-order valence-electron chi connectivity index (χ3n) is 2.40. The maximum Gasteiger partial charge on any atom is 0.418 e. The second-order valence-corrected chi connectivity index (χ2v) is 3.73. The zero-order valence-electron chi connectivity index (χ0n) is 9.38. The van der Waals surface area contributed by atoms with Crippen molar-refractivity contribution in [3.8, 4) is 0 Å². The van der Waals surface area contributed by atoms with Gasteiger partial charge in [0, 0.05) is 5.56 Å². The van der Waals surface area contributed by atoms with Gasteiger partial charge in [0.15, 0.2) is 6.10 Å². The summed E-state index contributed by atoms with van der Waals surface area (Å²) < 4.78 is 75.7. The van der Waals surface area contributed by atoms with E-state index in [-0.39, 0.29) is 12.1 Å². The lowest BCUT2D eigenvalue weighted by Gasteiger charge is -2.20. The molecule has 0 saturated carbocycles. The van der Waals surface area contributed by atoms with Crippen LogP contribution in [0.5, 0.6) is 0 Å². The smallest absolute Gasteiger partial charge is 0.418 e. The number of aliphatic hydroxyl groups is 1. The monoisotopic (exact) mass is 303 g/mol. The van der Waals surface area contributed by atoms with Gasteiger partial charge in [-0.15, -0.1) is 0 Å². The minimum absolute atomic E-state index is 0.187. The number of anilines is 1. The summed E-state index contributed by atoms with van der Waals surface area (Å²) in [6.07, 6.45) is -13.1. The summed E-state index contributed by atoms with van der Waals surface area (Å²) in [4.78, 5) is 10.5. The normalized spacial score (nSPS) is 14.2. The van der Waals surface area contributed by atoms with E-state index in [9.17, 15) is 31.1 Å². The van der Waals surface area contributed by atoms with Crippen LogP contribution in [0, 0.1) is 0 Å². The molecule has 0 bridgehead atoms. The summed E-state index contributed by atoms with van der Waals surface area (Å²) in [5.41, 5.74) is -1.85. The molecule has 0 aliphatic carbocycles. The Bertz CT molecular complexity index is 537. The highest BCUT2D eigenvalue weighted by atomic mass is 19.4. The van der Waals surface area contributed by atoms with Crippen molar-refractivity contribution < 1.29 is 41.4 Å². The van der Waals surface area contributed by atoms with Gasteiger partial charge in [0.25, 0.3) is 0 Å². The van der Waals surface area contributed by atoms with Crippen LogP contribution in [0.1, 0.15) is 22.8 Å². The number of nitrogen functional groups attached to an aromatic ring is 1. The van der Waals surface area contributed by atoms with Gasteiger partial charge in [-0.1, -0.05) is 6.07 Å². The van der Waals surface area contributed by atoms with Crippen LogP contribution in [0.2, 0.25) is 0 Å². The van der Waals surface area contributed by atoms with Gasteiger partial charge in [0.1, 0.15) is 0 Å². The van der Waals surface area contributed by atoms with Crippen molar-refractivity contribution in [1.82, 2.24) is 0 Å². The van der Waals surface area contributed by atoms with Crippen molar-refractivity contribution >= 4 is 11.7 Å². The Morgan fingerprint density at radius 1 is 1.10 bits per heavy atom. The second-order valence-electron chi connectivity index (χ2n) is 3.73. The van der Waals surface area contributed by atoms with Crippen molar-refractivity contribution in [3.05, 3.63) is 28.8 Å². The number of aliphatic hydroxyl groups excluding tert-OH is 1. The molecular weight excluding hydrogens is 296 g/mol. The van der Waals surface area contributed by atoms with E-state index in [1.54, 1.807) is 0 Å². The number of carbonyl (C=O) groups is 1. The Balaban J connectivity index is 3.66. The fourth-order valence-corrected chi connectivity index (χ4v) is 1.56. The minimum atomic E-state index is -5.35. The van der Waals surface area contributed by atoms with Crippen LogP contribution in [0.4, 0.5) is 32.0 Å². The minimum Gasteiger partial charge on any atom is -0.479 e. The second kappa shape index (κ2) is 4.85. The van der Waals surface area contributed by atoms with E-state index < -0.39 is 46.8 Å². The van der Waals surface area contributed by atoms with Crippen molar-refractivity contribution in [3.63, 3.8) is 0 Å². The molecule has 0 radical (unpaired) electrons. The molecule has 1 aromatic carbocycles. The molecule has 112 valence electrons. The maximum absolute atomic E-state index is 12.7. The summed E-state index contributed by atoms with van der Waals surface area (Å²) in [5.74, 6) is -2.05. The third kappa shape index (κ3) is 2.95. The molecule has 0 aromatic heterocycles. The van der Waals surface area contributed by atoms with E-state index in [2.05, 4.69) is 0 Å². The number of nitrogens with two attached hydrogens (primary N) is 1. The van der Waals surface area contributed by atoms with E-state index in [1.165, 1.54) is 0 Å². The summed E-state index contributed by atoms with van der Waals surface area (Å²) in [7, 11) is 0. The largest absolute Gasteiger partial charge is 0.479 e. The molecule has 20 heavy (non-hydrogen) atoms. The first kappa shape index (κ1) is 16.1. The first-order chi connectivity index (χ1) is 8.87. The molecule has 4 nitrogen and oxygen atoms in total. The Labute approximate surface area is 107 Å². The average molecular weight is 303 g/mol. The fourth-order valence-electron chi connectivity index (χ4n) is 1.56. The highest BCUT2D eigenvalue weighted by Crippen LogP contribution is 2.44. The Morgan fingerprint density at radius 3 is 1.95 bits per heavy atom. The summed E-state index contributed by atoms with van der Waals surface area (Å²) in [6, 6.07) is 0.423. The van der Waals surface area contributed by atoms with Crippen molar-refractivity contribution in [1.29, 1.82) is 0 Å². The van der Waals surface area contributed by atoms with Gasteiger partial charge >= 0.3 is 18.3 Å². The number of rotatable bonds is 2. The van der Waals surface area contributed by atoms with Crippen LogP contribution < -0.4 is 5.73 Å². The van der Waals surface area contributed by atoms with Crippen molar-refractivity contribution in [2.24, 2.45) is 0 Å². The summed E-state index contributed by atoms with van der Waals surface area (Å²) in [5, 5.41) is 17.6. The number of hydrogen-bond acceptors (Lipinski definition) is 3. The standard InChI is InChI=1S/C10H7F6NO3/c11-9(12,13)4-2-1-3(7(18)8(19)20)5(6(4)17)10(14,15)16/h1-2,7,18H,17H2,(H,19,20). The predicted octanol–water partition coefficient (Wildman–Crippen LogP) is 2.42. The van der Waals surface area contributed by atoms with E-state index in [0.717, 1.165) is 0 Å².